The van der Waals surface area contributed by atoms with Crippen LogP contribution in [-0.2, 0) is 13.1 Å². The molecule has 14 heavy (non-hydrogen) atoms. The zero-order valence-corrected chi connectivity index (χ0v) is 8.92. The Morgan fingerprint density at radius 1 is 1.57 bits per heavy atom. The minimum atomic E-state index is 0.817. The van der Waals surface area contributed by atoms with Gasteiger partial charge in [-0.2, -0.15) is 11.3 Å². The molecule has 0 radical (unpaired) electrons. The van der Waals surface area contributed by atoms with Gasteiger partial charge in [-0.25, -0.2) is 4.98 Å². The number of rotatable bonds is 4. The second-order valence-electron chi connectivity index (χ2n) is 3.13. The Labute approximate surface area is 87.4 Å². The van der Waals surface area contributed by atoms with Crippen molar-refractivity contribution >= 4 is 11.3 Å². The Bertz CT molecular complexity index is 378. The van der Waals surface area contributed by atoms with Gasteiger partial charge in [-0.15, -0.1) is 0 Å². The third kappa shape index (κ3) is 2.02. The van der Waals surface area contributed by atoms with Crippen LogP contribution < -0.4 is 5.32 Å². The molecule has 0 aliphatic heterocycles. The molecule has 0 amide bonds. The van der Waals surface area contributed by atoms with Gasteiger partial charge < -0.3 is 9.88 Å². The zero-order chi connectivity index (χ0) is 9.80. The van der Waals surface area contributed by atoms with Crippen LogP contribution in [0.15, 0.2) is 29.2 Å². The molecule has 1 N–H and O–H groups in total. The van der Waals surface area contributed by atoms with Crippen LogP contribution in [0, 0.1) is 0 Å². The van der Waals surface area contributed by atoms with Crippen LogP contribution in [0.2, 0.25) is 0 Å². The molecule has 4 heteroatoms. The fourth-order valence-corrected chi connectivity index (χ4v) is 2.05. The molecule has 0 saturated carbocycles. The van der Waals surface area contributed by atoms with Gasteiger partial charge in [-0.05, 0) is 29.4 Å². The molecule has 2 rings (SSSR count). The standard InChI is InChI=1S/C10H13N3S/c1-11-6-10-12-3-4-13(10)7-9-2-5-14-8-9/h2-5,8,11H,6-7H2,1H3. The molecule has 0 atom stereocenters. The van der Waals surface area contributed by atoms with Gasteiger partial charge in [0, 0.05) is 18.9 Å². The second kappa shape index (κ2) is 4.39. The van der Waals surface area contributed by atoms with Crippen molar-refractivity contribution < 1.29 is 0 Å². The van der Waals surface area contributed by atoms with Crippen molar-refractivity contribution in [3.8, 4) is 0 Å². The van der Waals surface area contributed by atoms with Gasteiger partial charge >= 0.3 is 0 Å². The van der Waals surface area contributed by atoms with Crippen molar-refractivity contribution in [2.24, 2.45) is 0 Å². The van der Waals surface area contributed by atoms with E-state index < -0.39 is 0 Å². The molecule has 74 valence electrons. The average Bonchev–Trinajstić information content (AvgIpc) is 2.80. The topological polar surface area (TPSA) is 29.9 Å². The van der Waals surface area contributed by atoms with E-state index in [0.717, 1.165) is 18.9 Å². The SMILES string of the molecule is CNCc1nccn1Cc1ccsc1. The molecule has 0 aliphatic carbocycles. The molecule has 0 unspecified atom stereocenters. The summed E-state index contributed by atoms with van der Waals surface area (Å²) in [6.45, 7) is 1.73. The average molecular weight is 207 g/mol. The van der Waals surface area contributed by atoms with Gasteiger partial charge in [0.2, 0.25) is 0 Å². The van der Waals surface area contributed by atoms with Crippen molar-refractivity contribution in [3.05, 3.63) is 40.6 Å². The first kappa shape index (κ1) is 9.43. The molecule has 3 nitrogen and oxygen atoms in total. The Morgan fingerprint density at radius 2 is 2.50 bits per heavy atom. The number of imidazole rings is 1. The summed E-state index contributed by atoms with van der Waals surface area (Å²) >= 11 is 1.73. The van der Waals surface area contributed by atoms with Crippen molar-refractivity contribution in [3.63, 3.8) is 0 Å². The lowest BCUT2D eigenvalue weighted by Crippen LogP contribution is -2.12. The normalized spacial score (nSPS) is 10.6. The van der Waals surface area contributed by atoms with E-state index in [9.17, 15) is 0 Å². The summed E-state index contributed by atoms with van der Waals surface area (Å²) in [5.41, 5.74) is 1.34. The van der Waals surface area contributed by atoms with E-state index in [-0.39, 0.29) is 0 Å². The zero-order valence-electron chi connectivity index (χ0n) is 8.10. The van der Waals surface area contributed by atoms with Gasteiger partial charge in [0.1, 0.15) is 5.82 Å². The highest BCUT2D eigenvalue weighted by molar-refractivity contribution is 7.07. The van der Waals surface area contributed by atoms with Crippen LogP contribution in [-0.4, -0.2) is 16.6 Å². The lowest BCUT2D eigenvalue weighted by Gasteiger charge is -2.05. The lowest BCUT2D eigenvalue weighted by molar-refractivity contribution is 0.674. The van der Waals surface area contributed by atoms with Gasteiger partial charge in [0.15, 0.2) is 0 Å². The molecule has 2 heterocycles. The maximum absolute atomic E-state index is 4.29. The van der Waals surface area contributed by atoms with E-state index in [0.29, 0.717) is 0 Å². The number of nitrogens with zero attached hydrogens (tertiary/aromatic N) is 2. The number of nitrogens with one attached hydrogen (secondary N) is 1. The molecule has 2 aromatic heterocycles. The Hall–Kier alpha value is -1.13. The molecule has 0 saturated heterocycles. The van der Waals surface area contributed by atoms with E-state index in [2.05, 4.69) is 31.7 Å². The summed E-state index contributed by atoms with van der Waals surface area (Å²) in [5, 5.41) is 7.38. The second-order valence-corrected chi connectivity index (χ2v) is 3.91. The van der Waals surface area contributed by atoms with E-state index in [4.69, 9.17) is 0 Å². The predicted octanol–water partition coefficient (Wildman–Crippen LogP) is 1.71. The quantitative estimate of drug-likeness (QED) is 0.827. The molecular formula is C10H13N3S. The van der Waals surface area contributed by atoms with Crippen molar-refractivity contribution in [1.29, 1.82) is 0 Å². The van der Waals surface area contributed by atoms with Gasteiger partial charge in [0.05, 0.1) is 6.54 Å². The molecule has 0 aliphatic rings. The highest BCUT2D eigenvalue weighted by Crippen LogP contribution is 2.09. The van der Waals surface area contributed by atoms with Crippen molar-refractivity contribution in [2.45, 2.75) is 13.1 Å². The first-order valence-electron chi connectivity index (χ1n) is 4.56. The molecule has 0 fully saturated rings. The Balaban J connectivity index is 2.12. The van der Waals surface area contributed by atoms with E-state index in [1.54, 1.807) is 11.3 Å². The van der Waals surface area contributed by atoms with Crippen LogP contribution in [0.25, 0.3) is 0 Å². The van der Waals surface area contributed by atoms with E-state index >= 15 is 0 Å². The maximum atomic E-state index is 4.29. The summed E-state index contributed by atoms with van der Waals surface area (Å²) in [4.78, 5) is 4.29. The van der Waals surface area contributed by atoms with E-state index in [1.807, 2.05) is 19.4 Å². The summed E-state index contributed by atoms with van der Waals surface area (Å²) in [6.07, 6.45) is 3.86. The highest BCUT2D eigenvalue weighted by atomic mass is 32.1. The molecule has 2 aromatic rings. The fraction of sp³-hybridized carbons (Fsp3) is 0.300. The smallest absolute Gasteiger partial charge is 0.122 e. The van der Waals surface area contributed by atoms with Crippen molar-refractivity contribution in [1.82, 2.24) is 14.9 Å². The van der Waals surface area contributed by atoms with Crippen LogP contribution in [0.1, 0.15) is 11.4 Å². The highest BCUT2D eigenvalue weighted by Gasteiger charge is 2.01. The number of hydrogen-bond donors (Lipinski definition) is 1. The van der Waals surface area contributed by atoms with Gasteiger partial charge in [-0.3, -0.25) is 0 Å². The Morgan fingerprint density at radius 3 is 3.21 bits per heavy atom. The largest absolute Gasteiger partial charge is 0.329 e. The van der Waals surface area contributed by atoms with Crippen LogP contribution in [0.3, 0.4) is 0 Å². The summed E-state index contributed by atoms with van der Waals surface area (Å²) in [5.74, 6) is 1.08. The van der Waals surface area contributed by atoms with E-state index in [1.165, 1.54) is 5.56 Å². The molecule has 0 aromatic carbocycles. The first-order chi connectivity index (χ1) is 6.90. The maximum Gasteiger partial charge on any atom is 0.122 e. The summed E-state index contributed by atoms with van der Waals surface area (Å²) in [7, 11) is 1.93. The summed E-state index contributed by atoms with van der Waals surface area (Å²) < 4.78 is 2.17. The van der Waals surface area contributed by atoms with Crippen LogP contribution in [0.5, 0.6) is 0 Å². The van der Waals surface area contributed by atoms with Gasteiger partial charge in [0.25, 0.3) is 0 Å². The molecule has 0 spiro atoms. The third-order valence-electron chi connectivity index (χ3n) is 2.07. The first-order valence-corrected chi connectivity index (χ1v) is 5.50. The third-order valence-corrected chi connectivity index (χ3v) is 2.80. The van der Waals surface area contributed by atoms with Crippen molar-refractivity contribution in [2.75, 3.05) is 7.05 Å². The predicted molar refractivity (Wildman–Crippen MR) is 58.4 cm³/mol. The number of aromatic nitrogens is 2. The minimum absolute atomic E-state index is 0.817. The van der Waals surface area contributed by atoms with Crippen LogP contribution in [0.4, 0.5) is 0 Å². The van der Waals surface area contributed by atoms with Gasteiger partial charge in [-0.1, -0.05) is 0 Å². The fourth-order valence-electron chi connectivity index (χ4n) is 1.39. The summed E-state index contributed by atoms with van der Waals surface area (Å²) in [6, 6.07) is 2.15. The minimum Gasteiger partial charge on any atom is -0.329 e. The lowest BCUT2D eigenvalue weighted by atomic mass is 10.3. The van der Waals surface area contributed by atoms with Crippen LogP contribution >= 0.6 is 11.3 Å². The number of thiophene rings is 1. The number of hydrogen-bond acceptors (Lipinski definition) is 3. The monoisotopic (exact) mass is 207 g/mol. The molecular weight excluding hydrogens is 194 g/mol. The Kier molecular flexibility index (Phi) is 2.96. The molecule has 0 bridgehead atoms.